The summed E-state index contributed by atoms with van der Waals surface area (Å²) in [5, 5.41) is 20.5. The molecule has 0 aliphatic carbocycles. The molecule has 39 heavy (non-hydrogen) atoms. The van der Waals surface area contributed by atoms with E-state index in [4.69, 9.17) is 0 Å². The Labute approximate surface area is 230 Å². The number of hydrogen-bond donors (Lipinski definition) is 5. The van der Waals surface area contributed by atoms with Crippen molar-refractivity contribution in [2.24, 2.45) is 11.8 Å². The lowest BCUT2D eigenvalue weighted by Gasteiger charge is -2.35. The Morgan fingerprint density at radius 1 is 0.923 bits per heavy atom. The van der Waals surface area contributed by atoms with Crippen LogP contribution in [0.1, 0.15) is 77.5 Å². The van der Waals surface area contributed by atoms with E-state index in [0.29, 0.717) is 32.2 Å². The third-order valence-electron chi connectivity index (χ3n) is 7.44. The van der Waals surface area contributed by atoms with Gasteiger partial charge in [-0.1, -0.05) is 51.1 Å². The lowest BCUT2D eigenvalue weighted by molar-refractivity contribution is -0.143. The number of nitrogens with zero attached hydrogens (tertiary/aromatic N) is 1. The van der Waals surface area contributed by atoms with E-state index in [0.717, 1.165) is 11.1 Å². The lowest BCUT2D eigenvalue weighted by Crippen LogP contribution is -2.62. The second kappa shape index (κ2) is 13.7. The highest BCUT2D eigenvalue weighted by atomic mass is 16.3. The minimum absolute atomic E-state index is 0.203. The molecule has 10 nitrogen and oxygen atoms in total. The van der Waals surface area contributed by atoms with Gasteiger partial charge in [0.25, 0.3) is 5.91 Å². The largest absolute Gasteiger partial charge is 0.392 e. The van der Waals surface area contributed by atoms with Crippen LogP contribution in [0.2, 0.25) is 0 Å². The van der Waals surface area contributed by atoms with Crippen molar-refractivity contribution in [2.75, 3.05) is 6.54 Å². The number of rotatable bonds is 1. The first-order valence-corrected chi connectivity index (χ1v) is 13.9. The number of carbonyl (C=O) groups is 4. The maximum Gasteiger partial charge on any atom is 0.258 e. The molecule has 1 fully saturated rings. The van der Waals surface area contributed by atoms with Gasteiger partial charge in [0.2, 0.25) is 17.7 Å². The van der Waals surface area contributed by atoms with Crippen molar-refractivity contribution in [3.8, 4) is 0 Å². The zero-order chi connectivity index (χ0) is 28.7. The average Bonchev–Trinajstić information content (AvgIpc) is 2.92. The molecule has 4 bridgehead atoms. The van der Waals surface area contributed by atoms with Crippen LogP contribution in [-0.4, -0.2) is 64.5 Å². The molecule has 0 radical (unpaired) electrons. The Morgan fingerprint density at radius 2 is 1.64 bits per heavy atom. The molecule has 2 heterocycles. The molecular weight excluding hydrogens is 498 g/mol. The Hall–Kier alpha value is -3.24. The zero-order valence-corrected chi connectivity index (χ0v) is 23.6. The minimum Gasteiger partial charge on any atom is -0.392 e. The molecule has 0 saturated carbocycles. The maximum atomic E-state index is 13.2. The van der Waals surface area contributed by atoms with Crippen LogP contribution in [0.3, 0.4) is 0 Å². The molecule has 3 rings (SSSR count). The number of carbonyl (C=O) groups excluding carboxylic acids is 4. The van der Waals surface area contributed by atoms with Crippen molar-refractivity contribution in [1.82, 2.24) is 26.4 Å². The number of benzene rings is 1. The second-order valence-electron chi connectivity index (χ2n) is 11.0. The van der Waals surface area contributed by atoms with Gasteiger partial charge in [0.15, 0.2) is 0 Å². The van der Waals surface area contributed by atoms with Crippen molar-refractivity contribution >= 4 is 29.7 Å². The van der Waals surface area contributed by atoms with E-state index < -0.39 is 42.0 Å². The Morgan fingerprint density at radius 3 is 2.36 bits per heavy atom. The van der Waals surface area contributed by atoms with E-state index in [1.165, 1.54) is 5.01 Å². The summed E-state index contributed by atoms with van der Waals surface area (Å²) in [5.41, 5.74) is 4.93. The number of aliphatic hydroxyl groups is 1. The summed E-state index contributed by atoms with van der Waals surface area (Å²) in [7, 11) is 0. The second-order valence-corrected chi connectivity index (χ2v) is 11.0. The van der Waals surface area contributed by atoms with Crippen molar-refractivity contribution < 1.29 is 24.3 Å². The molecule has 1 unspecified atom stereocenters. The SMILES string of the molecule is CC(C)[C@@H]1NC(=O)[C@H](C)C(O)CCC=Cc2cccc(c2)[C@@H](C)NC(=O)[C@@H]2CCCN(N2)C(=O)[C@H](C)NC1=O. The number of hydrazine groups is 1. The molecule has 1 aromatic rings. The number of hydrogen-bond acceptors (Lipinski definition) is 6. The van der Waals surface area contributed by atoms with Crippen molar-refractivity contribution in [1.29, 1.82) is 0 Å². The number of aliphatic hydroxyl groups excluding tert-OH is 1. The van der Waals surface area contributed by atoms with Gasteiger partial charge in [-0.15, -0.1) is 0 Å². The lowest BCUT2D eigenvalue weighted by atomic mass is 9.96. The molecule has 6 atom stereocenters. The summed E-state index contributed by atoms with van der Waals surface area (Å²) in [4.78, 5) is 52.2. The predicted octanol–water partition coefficient (Wildman–Crippen LogP) is 1.81. The van der Waals surface area contributed by atoms with Crippen molar-refractivity contribution in [3.05, 3.63) is 41.5 Å². The number of allylic oxidation sites excluding steroid dienone is 1. The highest BCUT2D eigenvalue weighted by molar-refractivity contribution is 5.92. The summed E-state index contributed by atoms with van der Waals surface area (Å²) < 4.78 is 0. The molecule has 4 amide bonds. The van der Waals surface area contributed by atoms with E-state index in [1.54, 1.807) is 27.7 Å². The summed E-state index contributed by atoms with van der Waals surface area (Å²) in [6, 6.07) is 5.26. The molecule has 0 spiro atoms. The quantitative estimate of drug-likeness (QED) is 0.367. The first-order chi connectivity index (χ1) is 18.5. The standard InChI is InChI=1S/C29H43N5O5/c1-17(2)25-28(38)31-20(5)29(39)34-15-9-13-23(33-34)27(37)30-19(4)22-12-8-11-21(16-22)10-6-7-14-24(35)18(3)26(36)32-25/h6,8,10-12,16-20,23-25,33,35H,7,9,13-15H2,1-5H3,(H,30,37)(H,31,38)(H,32,36)/t18-,19-,20+,23+,24?,25+/m1/s1. The third kappa shape index (κ3) is 8.12. The van der Waals surface area contributed by atoms with Crippen molar-refractivity contribution in [3.63, 3.8) is 0 Å². The number of nitrogens with one attached hydrogen (secondary N) is 4. The van der Waals surface area contributed by atoms with Crippen LogP contribution in [0.15, 0.2) is 30.3 Å². The molecule has 5 N–H and O–H groups in total. The predicted molar refractivity (Wildman–Crippen MR) is 149 cm³/mol. The number of amides is 4. The monoisotopic (exact) mass is 541 g/mol. The smallest absolute Gasteiger partial charge is 0.258 e. The van der Waals surface area contributed by atoms with Gasteiger partial charge in [0.1, 0.15) is 18.1 Å². The van der Waals surface area contributed by atoms with Gasteiger partial charge in [-0.3, -0.25) is 24.2 Å². The fraction of sp³-hybridized carbons (Fsp3) is 0.586. The summed E-state index contributed by atoms with van der Waals surface area (Å²) in [6.45, 7) is 9.15. The number of fused-ring (bicyclic) bond motifs is 4. The molecule has 214 valence electrons. The Kier molecular flexibility index (Phi) is 10.7. The fourth-order valence-corrected chi connectivity index (χ4v) is 4.79. The Balaban J connectivity index is 1.85. The summed E-state index contributed by atoms with van der Waals surface area (Å²) >= 11 is 0. The minimum atomic E-state index is -0.886. The topological polar surface area (TPSA) is 140 Å². The van der Waals surface area contributed by atoms with Crippen LogP contribution in [0, 0.1) is 11.8 Å². The van der Waals surface area contributed by atoms with Gasteiger partial charge in [-0.25, -0.2) is 5.43 Å². The van der Waals surface area contributed by atoms with Crippen molar-refractivity contribution in [2.45, 2.75) is 90.6 Å². The average molecular weight is 542 g/mol. The zero-order valence-electron chi connectivity index (χ0n) is 23.6. The van der Waals surface area contributed by atoms with E-state index in [-0.39, 0.29) is 23.8 Å². The van der Waals surface area contributed by atoms with Crippen LogP contribution in [-0.2, 0) is 19.2 Å². The molecule has 2 aliphatic rings. The van der Waals surface area contributed by atoms with Crippen LogP contribution >= 0.6 is 0 Å². The van der Waals surface area contributed by atoms with E-state index >= 15 is 0 Å². The van der Waals surface area contributed by atoms with E-state index in [1.807, 2.05) is 43.3 Å². The summed E-state index contributed by atoms with van der Waals surface area (Å²) in [5.74, 6) is -2.43. The van der Waals surface area contributed by atoms with E-state index in [2.05, 4.69) is 21.4 Å². The first kappa shape index (κ1) is 30.3. The maximum absolute atomic E-state index is 13.2. The molecule has 1 saturated heterocycles. The van der Waals surface area contributed by atoms with Crippen LogP contribution in [0.25, 0.3) is 6.08 Å². The fourth-order valence-electron chi connectivity index (χ4n) is 4.79. The highest BCUT2D eigenvalue weighted by Gasteiger charge is 2.34. The van der Waals surface area contributed by atoms with Gasteiger partial charge >= 0.3 is 0 Å². The molecule has 2 aliphatic heterocycles. The molecule has 0 aromatic heterocycles. The van der Waals surface area contributed by atoms with Gasteiger partial charge in [-0.2, -0.15) is 0 Å². The first-order valence-electron chi connectivity index (χ1n) is 13.9. The Bertz CT molecular complexity index is 1070. The van der Waals surface area contributed by atoms with Crippen LogP contribution in [0.4, 0.5) is 0 Å². The van der Waals surface area contributed by atoms with Crippen LogP contribution in [0.5, 0.6) is 0 Å². The molecular formula is C29H43N5O5. The van der Waals surface area contributed by atoms with Gasteiger partial charge in [0, 0.05) is 6.54 Å². The molecule has 10 heteroatoms. The van der Waals surface area contributed by atoms with Gasteiger partial charge in [0.05, 0.1) is 18.1 Å². The van der Waals surface area contributed by atoms with Gasteiger partial charge < -0.3 is 21.1 Å². The van der Waals surface area contributed by atoms with E-state index in [9.17, 15) is 24.3 Å². The van der Waals surface area contributed by atoms with Gasteiger partial charge in [-0.05, 0) is 62.6 Å². The highest BCUT2D eigenvalue weighted by Crippen LogP contribution is 2.18. The van der Waals surface area contributed by atoms with Crippen LogP contribution < -0.4 is 21.4 Å². The molecule has 1 aromatic carbocycles. The normalized spacial score (nSPS) is 30.1. The summed E-state index contributed by atoms with van der Waals surface area (Å²) in [6.07, 6.45) is 5.18. The third-order valence-corrected chi connectivity index (χ3v) is 7.44.